The lowest BCUT2D eigenvalue weighted by molar-refractivity contribution is -0.144. The van der Waals surface area contributed by atoms with E-state index in [1.165, 1.54) is 24.3 Å². The van der Waals surface area contributed by atoms with Crippen molar-refractivity contribution in [2.24, 2.45) is 27.9 Å². The van der Waals surface area contributed by atoms with Crippen molar-refractivity contribution in [3.63, 3.8) is 0 Å². The van der Waals surface area contributed by atoms with E-state index in [0.717, 1.165) is 0 Å². The molecule has 5 atom stereocenters. The number of carboxylic acids is 2. The van der Waals surface area contributed by atoms with Crippen LogP contribution in [0.4, 0.5) is 0 Å². The van der Waals surface area contributed by atoms with Gasteiger partial charge < -0.3 is 75.3 Å². The van der Waals surface area contributed by atoms with Crippen LogP contribution in [0.15, 0.2) is 29.3 Å². The number of aliphatic hydroxyl groups is 1. The SMILES string of the molecule is NCCCC[C@H](N)C(=O)N[C@@H](Cc1ccc(O)cc1)C(=O)NCC(=O)N[C@@H](CCCN=C(N)N)C(=O)NCC(=O)N[C@@H](CC(=O)O)C(=O)N[C@@H](CO)C(=O)O. The topological polar surface area (TPSA) is 406 Å². The fourth-order valence-corrected chi connectivity index (χ4v) is 4.68. The Morgan fingerprint density at radius 1 is 0.691 bits per heavy atom. The zero-order chi connectivity index (χ0) is 41.5. The maximum Gasteiger partial charge on any atom is 0.328 e. The molecule has 1 aromatic carbocycles. The molecule has 0 spiro atoms. The number of aliphatic hydroxyl groups excluding tert-OH is 1. The van der Waals surface area contributed by atoms with E-state index in [-0.39, 0.29) is 37.5 Å². The van der Waals surface area contributed by atoms with Crippen LogP contribution in [-0.2, 0) is 44.8 Å². The maximum atomic E-state index is 13.2. The van der Waals surface area contributed by atoms with Crippen LogP contribution in [0.5, 0.6) is 5.75 Å². The lowest BCUT2D eigenvalue weighted by atomic mass is 10.0. The number of phenols is 1. The maximum absolute atomic E-state index is 13.2. The summed E-state index contributed by atoms with van der Waals surface area (Å²) in [5, 5.41) is 50.5. The standard InChI is InChI=1S/C32H51N11O12/c33-10-2-1-4-19(34)27(50)42-21(12-17-6-8-18(45)9-7-17)29(52)39-14-24(46)40-20(5-3-11-37-32(35)36)28(51)38-15-25(47)41-22(13-26(48)49)30(53)43-23(16-44)31(54)55/h6-9,19-23,44-45H,1-5,10-16,33-34H2,(H,38,51)(H,39,52)(H,40,46)(H,41,47)(H,42,50)(H,43,53)(H,48,49)(H,54,55)(H4,35,36,37)/t19-,20-,21-,22-,23-/m0/s1. The summed E-state index contributed by atoms with van der Waals surface area (Å²) in [5.74, 6) is -8.87. The Balaban J connectivity index is 3.00. The van der Waals surface area contributed by atoms with Gasteiger partial charge in [0.15, 0.2) is 5.96 Å². The van der Waals surface area contributed by atoms with Gasteiger partial charge in [0.25, 0.3) is 0 Å². The quantitative estimate of drug-likeness (QED) is 0.0236. The molecule has 1 aromatic rings. The molecule has 0 aliphatic rings. The van der Waals surface area contributed by atoms with Crippen LogP contribution in [0.25, 0.3) is 0 Å². The van der Waals surface area contributed by atoms with Gasteiger partial charge in [-0.2, -0.15) is 0 Å². The molecule has 0 saturated carbocycles. The number of rotatable bonds is 26. The summed E-state index contributed by atoms with van der Waals surface area (Å²) >= 11 is 0. The van der Waals surface area contributed by atoms with E-state index >= 15 is 0 Å². The Bertz CT molecular complexity index is 1510. The number of aliphatic imine (C=N–C) groups is 1. The summed E-state index contributed by atoms with van der Waals surface area (Å²) in [5.41, 5.74) is 22.7. The zero-order valence-corrected chi connectivity index (χ0v) is 30.0. The van der Waals surface area contributed by atoms with Crippen LogP contribution in [-0.4, -0.2) is 137 Å². The van der Waals surface area contributed by atoms with Gasteiger partial charge in [-0.15, -0.1) is 0 Å². The number of nitrogens with one attached hydrogen (secondary N) is 6. The number of carboxylic acid groups (broad SMARTS) is 2. The van der Waals surface area contributed by atoms with Gasteiger partial charge in [-0.05, 0) is 49.9 Å². The predicted molar refractivity (Wildman–Crippen MR) is 193 cm³/mol. The Morgan fingerprint density at radius 3 is 1.78 bits per heavy atom. The van der Waals surface area contributed by atoms with E-state index in [9.17, 15) is 43.5 Å². The van der Waals surface area contributed by atoms with Crippen LogP contribution < -0.4 is 54.8 Å². The molecule has 0 heterocycles. The van der Waals surface area contributed by atoms with E-state index in [4.69, 9.17) is 38.3 Å². The third-order valence-corrected chi connectivity index (χ3v) is 7.59. The zero-order valence-electron chi connectivity index (χ0n) is 30.0. The molecule has 306 valence electrons. The lowest BCUT2D eigenvalue weighted by Crippen LogP contribution is -2.56. The molecule has 0 aliphatic carbocycles. The molecule has 0 aromatic heterocycles. The smallest absolute Gasteiger partial charge is 0.328 e. The van der Waals surface area contributed by atoms with Gasteiger partial charge in [-0.25, -0.2) is 4.79 Å². The number of aliphatic carboxylic acids is 2. The van der Waals surface area contributed by atoms with Crippen molar-refractivity contribution in [3.8, 4) is 5.75 Å². The number of nitrogens with two attached hydrogens (primary N) is 4. The Morgan fingerprint density at radius 2 is 1.25 bits per heavy atom. The van der Waals surface area contributed by atoms with Crippen molar-refractivity contribution in [1.82, 2.24) is 31.9 Å². The summed E-state index contributed by atoms with van der Waals surface area (Å²) < 4.78 is 0. The van der Waals surface area contributed by atoms with Crippen molar-refractivity contribution >= 4 is 53.3 Å². The minimum absolute atomic E-state index is 0.0235. The third-order valence-electron chi connectivity index (χ3n) is 7.59. The van der Waals surface area contributed by atoms with Crippen molar-refractivity contribution < 1.29 is 58.8 Å². The molecule has 6 amide bonds. The lowest BCUT2D eigenvalue weighted by Gasteiger charge is -2.22. The summed E-state index contributed by atoms with van der Waals surface area (Å²) in [4.78, 5) is 103. The number of unbranched alkanes of at least 4 members (excludes halogenated alkanes) is 1. The summed E-state index contributed by atoms with van der Waals surface area (Å²) in [6.45, 7) is -2.06. The first-order valence-electron chi connectivity index (χ1n) is 17.1. The van der Waals surface area contributed by atoms with Crippen molar-refractivity contribution in [2.75, 3.05) is 32.8 Å². The Labute approximate surface area is 315 Å². The molecule has 0 fully saturated rings. The molecule has 1 rings (SSSR count). The van der Waals surface area contributed by atoms with Gasteiger partial charge in [0, 0.05) is 13.0 Å². The minimum Gasteiger partial charge on any atom is -0.508 e. The van der Waals surface area contributed by atoms with Crippen LogP contribution >= 0.6 is 0 Å². The summed E-state index contributed by atoms with van der Waals surface area (Å²) in [6, 6.07) is -1.19. The van der Waals surface area contributed by atoms with Crippen LogP contribution in [0.2, 0.25) is 0 Å². The number of hydrogen-bond donors (Lipinski definition) is 14. The second-order valence-corrected chi connectivity index (χ2v) is 12.1. The molecule has 23 nitrogen and oxygen atoms in total. The number of aromatic hydroxyl groups is 1. The number of benzene rings is 1. The van der Waals surface area contributed by atoms with Gasteiger partial charge in [0.1, 0.15) is 29.9 Å². The first-order valence-corrected chi connectivity index (χ1v) is 17.1. The van der Waals surface area contributed by atoms with Crippen molar-refractivity contribution in [3.05, 3.63) is 29.8 Å². The Kier molecular flexibility index (Phi) is 21.4. The van der Waals surface area contributed by atoms with Crippen molar-refractivity contribution in [1.29, 1.82) is 0 Å². The van der Waals surface area contributed by atoms with Gasteiger partial charge in [0.05, 0.1) is 32.2 Å². The highest BCUT2D eigenvalue weighted by Crippen LogP contribution is 2.12. The number of nitrogens with zero attached hydrogens (tertiary/aromatic N) is 1. The molecular weight excluding hydrogens is 730 g/mol. The molecular formula is C32H51N11O12. The number of amides is 6. The molecule has 0 radical (unpaired) electrons. The molecule has 23 heteroatoms. The fourth-order valence-electron chi connectivity index (χ4n) is 4.68. The number of guanidine groups is 1. The number of carbonyl (C=O) groups excluding carboxylic acids is 6. The molecule has 0 saturated heterocycles. The number of carbonyl (C=O) groups is 8. The average Bonchev–Trinajstić information content (AvgIpc) is 3.12. The molecule has 18 N–H and O–H groups in total. The largest absolute Gasteiger partial charge is 0.508 e. The molecule has 55 heavy (non-hydrogen) atoms. The van der Waals surface area contributed by atoms with E-state index in [2.05, 4.69) is 31.6 Å². The van der Waals surface area contributed by atoms with E-state index in [0.29, 0.717) is 31.4 Å². The number of phenolic OH excluding ortho intramolecular Hbond substituents is 1. The van der Waals surface area contributed by atoms with E-state index < -0.39 is 104 Å². The monoisotopic (exact) mass is 781 g/mol. The van der Waals surface area contributed by atoms with Gasteiger partial charge in [-0.3, -0.25) is 38.6 Å². The second-order valence-electron chi connectivity index (χ2n) is 12.1. The first kappa shape index (κ1) is 47.0. The highest BCUT2D eigenvalue weighted by atomic mass is 16.4. The third kappa shape index (κ3) is 19.5. The fraction of sp³-hybridized carbons (Fsp3) is 0.531. The molecule has 0 bridgehead atoms. The Hall–Kier alpha value is -6.07. The normalized spacial score (nSPS) is 13.4. The minimum atomic E-state index is -1.79. The van der Waals surface area contributed by atoms with Crippen molar-refractivity contribution in [2.45, 2.75) is 75.2 Å². The summed E-state index contributed by atoms with van der Waals surface area (Å²) in [7, 11) is 0. The van der Waals surface area contributed by atoms with Crippen LogP contribution in [0.3, 0.4) is 0 Å². The van der Waals surface area contributed by atoms with Crippen LogP contribution in [0, 0.1) is 0 Å². The van der Waals surface area contributed by atoms with E-state index in [1.54, 1.807) is 0 Å². The highest BCUT2D eigenvalue weighted by Gasteiger charge is 2.29. The summed E-state index contributed by atoms with van der Waals surface area (Å²) in [6.07, 6.45) is 0.591. The van der Waals surface area contributed by atoms with Gasteiger partial charge >= 0.3 is 11.9 Å². The predicted octanol–water partition coefficient (Wildman–Crippen LogP) is -5.83. The van der Waals surface area contributed by atoms with E-state index in [1.807, 2.05) is 5.32 Å². The van der Waals surface area contributed by atoms with Crippen LogP contribution in [0.1, 0.15) is 44.1 Å². The first-order chi connectivity index (χ1) is 26.0. The molecule has 0 unspecified atom stereocenters. The number of hydrogen-bond acceptors (Lipinski definition) is 13. The van der Waals surface area contributed by atoms with Gasteiger partial charge in [0.2, 0.25) is 35.4 Å². The second kappa shape index (κ2) is 25.0. The molecule has 0 aliphatic heterocycles. The van der Waals surface area contributed by atoms with Gasteiger partial charge in [-0.1, -0.05) is 18.6 Å². The highest BCUT2D eigenvalue weighted by molar-refractivity contribution is 5.96. The average molecular weight is 782 g/mol.